The minimum absolute atomic E-state index is 0.270. The van der Waals surface area contributed by atoms with E-state index in [1.54, 1.807) is 12.1 Å². The Labute approximate surface area is 120 Å². The van der Waals surface area contributed by atoms with Crippen LogP contribution in [0.15, 0.2) is 53.0 Å². The van der Waals surface area contributed by atoms with E-state index in [4.69, 9.17) is 4.74 Å². The average Bonchev–Trinajstić information content (AvgIpc) is 2.45. The number of ether oxygens (including phenoxy) is 1. The summed E-state index contributed by atoms with van der Waals surface area (Å²) >= 11 is 3.38. The van der Waals surface area contributed by atoms with Crippen LogP contribution in [0.3, 0.4) is 0 Å². The molecule has 0 heterocycles. The third kappa shape index (κ3) is 3.83. The van der Waals surface area contributed by atoms with Crippen LogP contribution >= 0.6 is 15.9 Å². The molecule has 0 aromatic heterocycles. The zero-order chi connectivity index (χ0) is 13.7. The Bertz CT molecular complexity index is 567. The van der Waals surface area contributed by atoms with Crippen LogP contribution < -0.4 is 5.32 Å². The molecule has 0 saturated carbocycles. The van der Waals surface area contributed by atoms with Crippen LogP contribution in [0.2, 0.25) is 0 Å². The quantitative estimate of drug-likeness (QED) is 0.870. The molecule has 1 N–H and O–H groups in total. The van der Waals surface area contributed by atoms with E-state index < -0.39 is 0 Å². The zero-order valence-electron chi connectivity index (χ0n) is 10.5. The van der Waals surface area contributed by atoms with Crippen LogP contribution in [0.4, 0.5) is 5.69 Å². The zero-order valence-corrected chi connectivity index (χ0v) is 12.1. The third-order valence-electron chi connectivity index (χ3n) is 2.67. The number of carbonyl (C=O) groups is 1. The summed E-state index contributed by atoms with van der Waals surface area (Å²) in [7, 11) is 1.83. The van der Waals surface area contributed by atoms with Crippen molar-refractivity contribution in [2.75, 3.05) is 12.4 Å². The van der Waals surface area contributed by atoms with Crippen molar-refractivity contribution < 1.29 is 9.53 Å². The summed E-state index contributed by atoms with van der Waals surface area (Å²) in [5.41, 5.74) is 2.46. The molecule has 3 nitrogen and oxygen atoms in total. The summed E-state index contributed by atoms with van der Waals surface area (Å²) in [6.45, 7) is 0.270. The highest BCUT2D eigenvalue weighted by Gasteiger charge is 2.07. The summed E-state index contributed by atoms with van der Waals surface area (Å²) in [5, 5.41) is 3.00. The summed E-state index contributed by atoms with van der Waals surface area (Å²) in [6.07, 6.45) is 0. The Balaban J connectivity index is 1.97. The molecule has 2 aromatic rings. The Kier molecular flexibility index (Phi) is 4.58. The lowest BCUT2D eigenvalue weighted by molar-refractivity contribution is 0.0472. The molecule has 0 saturated heterocycles. The first-order valence-electron chi connectivity index (χ1n) is 5.88. The van der Waals surface area contributed by atoms with Gasteiger partial charge in [0.2, 0.25) is 0 Å². The minimum Gasteiger partial charge on any atom is -0.457 e. The molecule has 0 amide bonds. The Morgan fingerprint density at radius 1 is 1.21 bits per heavy atom. The van der Waals surface area contributed by atoms with Gasteiger partial charge in [-0.3, -0.25) is 0 Å². The maximum absolute atomic E-state index is 11.8. The number of carbonyl (C=O) groups excluding carboxylic acids is 1. The van der Waals surface area contributed by atoms with Crippen LogP contribution in [-0.4, -0.2) is 13.0 Å². The van der Waals surface area contributed by atoms with Gasteiger partial charge in [-0.05, 0) is 42.0 Å². The van der Waals surface area contributed by atoms with Gasteiger partial charge in [0.25, 0.3) is 0 Å². The summed E-state index contributed by atoms with van der Waals surface area (Å²) in [4.78, 5) is 11.8. The van der Waals surface area contributed by atoms with Gasteiger partial charge in [0.15, 0.2) is 0 Å². The second-order valence-electron chi connectivity index (χ2n) is 4.03. The van der Waals surface area contributed by atoms with E-state index in [9.17, 15) is 4.79 Å². The number of nitrogens with one attached hydrogen (secondary N) is 1. The molecule has 0 aliphatic rings. The third-order valence-corrected chi connectivity index (χ3v) is 3.16. The SMILES string of the molecule is CNc1ccc(C(=O)OCc2cccc(Br)c2)cc1. The lowest BCUT2D eigenvalue weighted by Gasteiger charge is -2.06. The van der Waals surface area contributed by atoms with Gasteiger partial charge < -0.3 is 10.1 Å². The molecule has 19 heavy (non-hydrogen) atoms. The molecule has 0 fully saturated rings. The fourth-order valence-corrected chi connectivity index (χ4v) is 2.08. The molecule has 98 valence electrons. The molecule has 0 unspecified atom stereocenters. The largest absolute Gasteiger partial charge is 0.457 e. The van der Waals surface area contributed by atoms with Crippen LogP contribution in [0, 0.1) is 0 Å². The second-order valence-corrected chi connectivity index (χ2v) is 4.95. The number of esters is 1. The van der Waals surface area contributed by atoms with Crippen LogP contribution in [0.5, 0.6) is 0 Å². The average molecular weight is 320 g/mol. The first-order valence-corrected chi connectivity index (χ1v) is 6.68. The number of anilines is 1. The van der Waals surface area contributed by atoms with Gasteiger partial charge in [-0.2, -0.15) is 0 Å². The monoisotopic (exact) mass is 319 g/mol. The molecule has 0 aliphatic carbocycles. The predicted molar refractivity (Wildman–Crippen MR) is 79.3 cm³/mol. The van der Waals surface area contributed by atoms with E-state index in [0.29, 0.717) is 5.56 Å². The normalized spacial score (nSPS) is 10.0. The number of hydrogen-bond donors (Lipinski definition) is 1. The van der Waals surface area contributed by atoms with Crippen molar-refractivity contribution >= 4 is 27.6 Å². The molecule has 0 bridgehead atoms. The minimum atomic E-state index is -0.317. The Morgan fingerprint density at radius 2 is 1.95 bits per heavy atom. The Hall–Kier alpha value is -1.81. The van der Waals surface area contributed by atoms with E-state index >= 15 is 0 Å². The van der Waals surface area contributed by atoms with Crippen molar-refractivity contribution in [2.24, 2.45) is 0 Å². The second kappa shape index (κ2) is 6.38. The molecular weight excluding hydrogens is 306 g/mol. The molecule has 0 atom stereocenters. The summed E-state index contributed by atoms with van der Waals surface area (Å²) in [6, 6.07) is 14.9. The Morgan fingerprint density at radius 3 is 2.58 bits per heavy atom. The van der Waals surface area contributed by atoms with Gasteiger partial charge in [0.1, 0.15) is 6.61 Å². The number of rotatable bonds is 4. The topological polar surface area (TPSA) is 38.3 Å². The number of halogens is 1. The van der Waals surface area contributed by atoms with Crippen LogP contribution in [0.1, 0.15) is 15.9 Å². The highest BCUT2D eigenvalue weighted by molar-refractivity contribution is 9.10. The van der Waals surface area contributed by atoms with E-state index in [2.05, 4.69) is 21.2 Å². The van der Waals surface area contributed by atoms with Crippen molar-refractivity contribution in [3.05, 3.63) is 64.1 Å². The predicted octanol–water partition coefficient (Wildman–Crippen LogP) is 3.85. The fourth-order valence-electron chi connectivity index (χ4n) is 1.63. The number of hydrogen-bond acceptors (Lipinski definition) is 3. The van der Waals surface area contributed by atoms with E-state index in [0.717, 1.165) is 15.7 Å². The maximum atomic E-state index is 11.8. The molecule has 0 radical (unpaired) electrons. The lowest BCUT2D eigenvalue weighted by atomic mass is 10.2. The van der Waals surface area contributed by atoms with Crippen molar-refractivity contribution in [2.45, 2.75) is 6.61 Å². The van der Waals surface area contributed by atoms with Gasteiger partial charge in [0.05, 0.1) is 5.56 Å². The first-order chi connectivity index (χ1) is 9.19. The van der Waals surface area contributed by atoms with Gasteiger partial charge in [-0.1, -0.05) is 28.1 Å². The smallest absolute Gasteiger partial charge is 0.338 e. The molecular formula is C15H14BrNO2. The standard InChI is InChI=1S/C15H14BrNO2/c1-17-14-7-5-12(6-8-14)15(18)19-10-11-3-2-4-13(16)9-11/h2-9,17H,10H2,1H3. The van der Waals surface area contributed by atoms with Crippen molar-refractivity contribution in [3.8, 4) is 0 Å². The van der Waals surface area contributed by atoms with E-state index in [-0.39, 0.29) is 12.6 Å². The van der Waals surface area contributed by atoms with Gasteiger partial charge in [-0.15, -0.1) is 0 Å². The fraction of sp³-hybridized carbons (Fsp3) is 0.133. The number of benzene rings is 2. The highest BCUT2D eigenvalue weighted by atomic mass is 79.9. The van der Waals surface area contributed by atoms with Crippen LogP contribution in [0.25, 0.3) is 0 Å². The molecule has 2 aromatic carbocycles. The highest BCUT2D eigenvalue weighted by Crippen LogP contribution is 2.14. The molecule has 0 aliphatic heterocycles. The summed E-state index contributed by atoms with van der Waals surface area (Å²) in [5.74, 6) is -0.317. The molecule has 0 spiro atoms. The summed E-state index contributed by atoms with van der Waals surface area (Å²) < 4.78 is 6.23. The van der Waals surface area contributed by atoms with E-state index in [1.165, 1.54) is 0 Å². The van der Waals surface area contributed by atoms with E-state index in [1.807, 2.05) is 43.4 Å². The van der Waals surface area contributed by atoms with Gasteiger partial charge in [-0.25, -0.2) is 4.79 Å². The van der Waals surface area contributed by atoms with Crippen molar-refractivity contribution in [1.29, 1.82) is 0 Å². The van der Waals surface area contributed by atoms with Crippen molar-refractivity contribution in [3.63, 3.8) is 0 Å². The molecule has 2 rings (SSSR count). The molecule has 4 heteroatoms. The van der Waals surface area contributed by atoms with Crippen LogP contribution in [-0.2, 0) is 11.3 Å². The van der Waals surface area contributed by atoms with Crippen molar-refractivity contribution in [1.82, 2.24) is 0 Å². The van der Waals surface area contributed by atoms with Gasteiger partial charge in [0, 0.05) is 17.2 Å². The van der Waals surface area contributed by atoms with Gasteiger partial charge >= 0.3 is 5.97 Å². The maximum Gasteiger partial charge on any atom is 0.338 e. The lowest BCUT2D eigenvalue weighted by Crippen LogP contribution is -2.05. The first kappa shape index (κ1) is 13.6.